The van der Waals surface area contributed by atoms with Gasteiger partial charge >= 0.3 is 0 Å². The molecular weight excluding hydrogens is 192 g/mol. The van der Waals surface area contributed by atoms with Crippen LogP contribution in [0.3, 0.4) is 0 Å². The van der Waals surface area contributed by atoms with E-state index in [1.807, 2.05) is 20.2 Å². The smallest absolute Gasteiger partial charge is 0.124 e. The Kier molecular flexibility index (Phi) is 4.28. The van der Waals surface area contributed by atoms with Crippen molar-refractivity contribution in [2.45, 2.75) is 19.4 Å². The third kappa shape index (κ3) is 2.78. The van der Waals surface area contributed by atoms with Gasteiger partial charge in [0, 0.05) is 25.4 Å². The van der Waals surface area contributed by atoms with Gasteiger partial charge in [-0.05, 0) is 6.42 Å². The summed E-state index contributed by atoms with van der Waals surface area (Å²) in [6.45, 7) is 2.45. The fourth-order valence-corrected chi connectivity index (χ4v) is 1.50. The number of nitriles is 1. The molecule has 5 nitrogen and oxygen atoms in total. The molecule has 0 aliphatic heterocycles. The Morgan fingerprint density at radius 1 is 1.73 bits per heavy atom. The molecule has 1 rings (SSSR count). The molecule has 15 heavy (non-hydrogen) atoms. The third-order valence-corrected chi connectivity index (χ3v) is 2.17. The molecule has 0 amide bonds. The maximum Gasteiger partial charge on any atom is 0.124 e. The van der Waals surface area contributed by atoms with Crippen molar-refractivity contribution < 1.29 is 5.11 Å². The molecule has 0 aromatic carbocycles. The topological polar surface area (TPSA) is 73.9 Å². The fourth-order valence-electron chi connectivity index (χ4n) is 1.50. The number of nitrogens with one attached hydrogen (secondary N) is 1. The van der Waals surface area contributed by atoms with Crippen molar-refractivity contribution in [2.24, 2.45) is 7.05 Å². The van der Waals surface area contributed by atoms with Crippen molar-refractivity contribution in [2.75, 3.05) is 13.2 Å². The average molecular weight is 208 g/mol. The van der Waals surface area contributed by atoms with E-state index in [2.05, 4.69) is 16.5 Å². The van der Waals surface area contributed by atoms with Gasteiger partial charge in [0.2, 0.25) is 0 Å². The lowest BCUT2D eigenvalue weighted by Crippen LogP contribution is -2.23. The second-order valence-electron chi connectivity index (χ2n) is 3.30. The molecule has 5 heteroatoms. The van der Waals surface area contributed by atoms with Crippen LogP contribution >= 0.6 is 0 Å². The van der Waals surface area contributed by atoms with Gasteiger partial charge < -0.3 is 5.11 Å². The molecule has 0 spiro atoms. The Bertz CT molecular complexity index is 353. The predicted molar refractivity (Wildman–Crippen MR) is 56.0 cm³/mol. The highest BCUT2D eigenvalue weighted by atomic mass is 16.3. The van der Waals surface area contributed by atoms with Crippen LogP contribution in [0.25, 0.3) is 0 Å². The first-order chi connectivity index (χ1) is 7.22. The van der Waals surface area contributed by atoms with Gasteiger partial charge in [-0.2, -0.15) is 10.4 Å². The van der Waals surface area contributed by atoms with E-state index in [-0.39, 0.29) is 12.6 Å². The fraction of sp³-hybridized carbons (Fsp3) is 0.600. The molecule has 82 valence electrons. The summed E-state index contributed by atoms with van der Waals surface area (Å²) in [5.74, 6) is 0. The van der Waals surface area contributed by atoms with Gasteiger partial charge in [-0.25, -0.2) is 0 Å². The minimum atomic E-state index is -0.388. The number of aliphatic hydroxyl groups excluding tert-OH is 1. The standard InChI is InChI=1S/C10H16N4O/c1-3-9-8(7-14(2)13-9)10(6-11)12-4-5-15/h7,10,12,15H,3-5H2,1-2H3. The van der Waals surface area contributed by atoms with Gasteiger partial charge in [0.25, 0.3) is 0 Å². The normalized spacial score (nSPS) is 12.4. The number of hydrogen-bond acceptors (Lipinski definition) is 4. The first kappa shape index (κ1) is 11.7. The van der Waals surface area contributed by atoms with E-state index in [9.17, 15) is 0 Å². The van der Waals surface area contributed by atoms with Crippen LogP contribution in [0, 0.1) is 11.3 Å². The van der Waals surface area contributed by atoms with Gasteiger partial charge in [-0.1, -0.05) is 6.92 Å². The van der Waals surface area contributed by atoms with Crippen molar-refractivity contribution in [3.63, 3.8) is 0 Å². The van der Waals surface area contributed by atoms with E-state index >= 15 is 0 Å². The van der Waals surface area contributed by atoms with Crippen molar-refractivity contribution in [3.8, 4) is 6.07 Å². The van der Waals surface area contributed by atoms with E-state index in [1.54, 1.807) is 4.68 Å². The van der Waals surface area contributed by atoms with Gasteiger partial charge in [0.1, 0.15) is 6.04 Å². The average Bonchev–Trinajstić information content (AvgIpc) is 2.61. The summed E-state index contributed by atoms with van der Waals surface area (Å²) in [6.07, 6.45) is 2.65. The molecule has 1 heterocycles. The Hall–Kier alpha value is -1.38. The van der Waals surface area contributed by atoms with Gasteiger partial charge in [-0.3, -0.25) is 10.00 Å². The predicted octanol–water partition coefficient (Wildman–Crippen LogP) is 0.129. The third-order valence-electron chi connectivity index (χ3n) is 2.17. The van der Waals surface area contributed by atoms with Crippen LogP contribution in [0.2, 0.25) is 0 Å². The quantitative estimate of drug-likeness (QED) is 0.721. The second kappa shape index (κ2) is 5.49. The Morgan fingerprint density at radius 2 is 2.47 bits per heavy atom. The largest absolute Gasteiger partial charge is 0.395 e. The van der Waals surface area contributed by atoms with Crippen molar-refractivity contribution in [1.29, 1.82) is 5.26 Å². The second-order valence-corrected chi connectivity index (χ2v) is 3.30. The number of aromatic nitrogens is 2. The van der Waals surface area contributed by atoms with Crippen LogP contribution in [0.5, 0.6) is 0 Å². The molecule has 2 N–H and O–H groups in total. The Morgan fingerprint density at radius 3 is 3.00 bits per heavy atom. The minimum Gasteiger partial charge on any atom is -0.395 e. The molecule has 0 aliphatic carbocycles. The van der Waals surface area contributed by atoms with Crippen molar-refractivity contribution in [1.82, 2.24) is 15.1 Å². The highest BCUT2D eigenvalue weighted by Gasteiger charge is 2.16. The van der Waals surface area contributed by atoms with Crippen molar-refractivity contribution >= 4 is 0 Å². The molecule has 0 aliphatic rings. The van der Waals surface area contributed by atoms with Crippen LogP contribution in [-0.2, 0) is 13.5 Å². The lowest BCUT2D eigenvalue weighted by Gasteiger charge is -2.09. The molecule has 0 saturated heterocycles. The number of rotatable bonds is 5. The van der Waals surface area contributed by atoms with Crippen molar-refractivity contribution in [3.05, 3.63) is 17.5 Å². The summed E-state index contributed by atoms with van der Waals surface area (Å²) in [6, 6.07) is 1.78. The van der Waals surface area contributed by atoms with E-state index in [0.29, 0.717) is 6.54 Å². The number of aliphatic hydroxyl groups is 1. The first-order valence-corrected chi connectivity index (χ1v) is 4.99. The molecule has 0 fully saturated rings. The summed E-state index contributed by atoms with van der Waals surface area (Å²) in [5.41, 5.74) is 1.82. The van der Waals surface area contributed by atoms with Gasteiger partial charge in [-0.15, -0.1) is 0 Å². The van der Waals surface area contributed by atoms with Crippen LogP contribution in [-0.4, -0.2) is 28.0 Å². The Balaban J connectivity index is 2.86. The summed E-state index contributed by atoms with van der Waals surface area (Å²) in [7, 11) is 1.84. The van der Waals surface area contributed by atoms with Crippen LogP contribution in [0.4, 0.5) is 0 Å². The summed E-state index contributed by atoms with van der Waals surface area (Å²) >= 11 is 0. The van der Waals surface area contributed by atoms with E-state index in [4.69, 9.17) is 10.4 Å². The summed E-state index contributed by atoms with van der Waals surface area (Å²) in [5, 5.41) is 24.9. The molecule has 1 atom stereocenters. The first-order valence-electron chi connectivity index (χ1n) is 4.99. The van der Waals surface area contributed by atoms with E-state index in [0.717, 1.165) is 17.7 Å². The molecule has 1 aromatic heterocycles. The summed E-state index contributed by atoms with van der Waals surface area (Å²) in [4.78, 5) is 0. The molecule has 0 radical (unpaired) electrons. The zero-order valence-electron chi connectivity index (χ0n) is 9.06. The maximum absolute atomic E-state index is 9.00. The highest BCUT2D eigenvalue weighted by Crippen LogP contribution is 2.16. The lowest BCUT2D eigenvalue weighted by molar-refractivity contribution is 0.289. The van der Waals surface area contributed by atoms with Gasteiger partial charge in [0.15, 0.2) is 0 Å². The monoisotopic (exact) mass is 208 g/mol. The minimum absolute atomic E-state index is 0.0277. The number of aryl methyl sites for hydroxylation is 2. The molecule has 0 saturated carbocycles. The van der Waals surface area contributed by atoms with Crippen LogP contribution < -0.4 is 5.32 Å². The maximum atomic E-state index is 9.00. The molecule has 0 bridgehead atoms. The number of nitrogens with zero attached hydrogens (tertiary/aromatic N) is 3. The molecule has 1 unspecified atom stereocenters. The van der Waals surface area contributed by atoms with Crippen LogP contribution in [0.1, 0.15) is 24.2 Å². The van der Waals surface area contributed by atoms with E-state index < -0.39 is 0 Å². The summed E-state index contributed by atoms with van der Waals surface area (Å²) < 4.78 is 1.71. The highest BCUT2D eigenvalue weighted by molar-refractivity contribution is 5.26. The molecular formula is C10H16N4O. The number of hydrogen-bond donors (Lipinski definition) is 2. The zero-order valence-corrected chi connectivity index (χ0v) is 9.06. The lowest BCUT2D eigenvalue weighted by atomic mass is 10.1. The molecule has 1 aromatic rings. The zero-order chi connectivity index (χ0) is 11.3. The van der Waals surface area contributed by atoms with E-state index in [1.165, 1.54) is 0 Å². The Labute approximate surface area is 89.3 Å². The van der Waals surface area contributed by atoms with Crippen LogP contribution in [0.15, 0.2) is 6.20 Å². The van der Waals surface area contributed by atoms with Gasteiger partial charge in [0.05, 0.1) is 18.4 Å². The SMILES string of the molecule is CCc1nn(C)cc1C(C#N)NCCO.